The standard InChI is InChI=1S/C24H17Br3F3N3O4/c1-36-20-7-2-13(8-14(20)12-37-21-18(26)9-16(25)10-19(21)27)11-31-33-23(35)22(34)32-17-5-3-15(4-6-17)24(28,29)30/h2-11H,12H2,1H3,(H,32,34)(H,33,35). The number of anilines is 1. The summed E-state index contributed by atoms with van der Waals surface area (Å²) in [4.78, 5) is 24.0. The van der Waals surface area contributed by atoms with Gasteiger partial charge in [-0.25, -0.2) is 5.43 Å². The van der Waals surface area contributed by atoms with Gasteiger partial charge in [-0.2, -0.15) is 18.3 Å². The molecule has 3 aromatic carbocycles. The van der Waals surface area contributed by atoms with Crippen LogP contribution in [0.15, 0.2) is 73.1 Å². The molecule has 0 aliphatic rings. The molecule has 0 radical (unpaired) electrons. The number of halogens is 6. The van der Waals surface area contributed by atoms with Crippen molar-refractivity contribution in [1.29, 1.82) is 0 Å². The number of hydrazone groups is 1. The zero-order valence-electron chi connectivity index (χ0n) is 18.8. The molecule has 0 fully saturated rings. The molecule has 7 nitrogen and oxygen atoms in total. The van der Waals surface area contributed by atoms with Crippen LogP contribution in [0.1, 0.15) is 16.7 Å². The number of hydrogen-bond acceptors (Lipinski definition) is 5. The molecule has 13 heteroatoms. The average Bonchev–Trinajstić information content (AvgIpc) is 2.83. The van der Waals surface area contributed by atoms with Gasteiger partial charge in [0.25, 0.3) is 0 Å². The van der Waals surface area contributed by atoms with E-state index in [0.717, 1.165) is 37.7 Å². The molecule has 0 aliphatic carbocycles. The normalized spacial score (nSPS) is 11.3. The maximum atomic E-state index is 12.6. The summed E-state index contributed by atoms with van der Waals surface area (Å²) in [5.41, 5.74) is 2.50. The SMILES string of the molecule is COc1ccc(C=NNC(=O)C(=O)Nc2ccc(C(F)(F)F)cc2)cc1COc1c(Br)cc(Br)cc1Br. The molecule has 2 amide bonds. The van der Waals surface area contributed by atoms with Gasteiger partial charge in [0, 0.05) is 15.7 Å². The fraction of sp³-hybridized carbons (Fsp3) is 0.125. The maximum absolute atomic E-state index is 12.6. The highest BCUT2D eigenvalue weighted by Gasteiger charge is 2.30. The Labute approximate surface area is 234 Å². The van der Waals surface area contributed by atoms with Crippen molar-refractivity contribution in [2.24, 2.45) is 5.10 Å². The Balaban J connectivity index is 1.61. The number of nitrogens with one attached hydrogen (secondary N) is 2. The Morgan fingerprint density at radius 3 is 2.22 bits per heavy atom. The predicted octanol–water partition coefficient (Wildman–Crippen LogP) is 6.67. The summed E-state index contributed by atoms with van der Waals surface area (Å²) in [6.07, 6.45) is -3.19. The van der Waals surface area contributed by atoms with Gasteiger partial charge in [0.05, 0.1) is 27.8 Å². The van der Waals surface area contributed by atoms with E-state index >= 15 is 0 Å². The fourth-order valence-electron chi connectivity index (χ4n) is 2.95. The topological polar surface area (TPSA) is 89.0 Å². The van der Waals surface area contributed by atoms with Crippen LogP contribution in [-0.2, 0) is 22.4 Å². The van der Waals surface area contributed by atoms with Crippen LogP contribution in [0, 0.1) is 0 Å². The Kier molecular flexibility index (Phi) is 9.74. The first-order valence-electron chi connectivity index (χ1n) is 10.2. The molecular weight excluding hydrogens is 691 g/mol. The van der Waals surface area contributed by atoms with E-state index < -0.39 is 23.6 Å². The summed E-state index contributed by atoms with van der Waals surface area (Å²) in [6.45, 7) is 0.158. The van der Waals surface area contributed by atoms with E-state index in [1.165, 1.54) is 13.3 Å². The average molecular weight is 708 g/mol. The van der Waals surface area contributed by atoms with Crippen molar-refractivity contribution in [1.82, 2.24) is 5.43 Å². The van der Waals surface area contributed by atoms with Crippen LogP contribution in [0.25, 0.3) is 0 Å². The monoisotopic (exact) mass is 705 g/mol. The third-order valence-electron chi connectivity index (χ3n) is 4.70. The molecule has 0 aromatic heterocycles. The maximum Gasteiger partial charge on any atom is 0.416 e. The molecule has 0 aliphatic heterocycles. The van der Waals surface area contributed by atoms with E-state index in [0.29, 0.717) is 22.6 Å². The van der Waals surface area contributed by atoms with Gasteiger partial charge < -0.3 is 14.8 Å². The summed E-state index contributed by atoms with van der Waals surface area (Å²) in [7, 11) is 1.52. The number of nitrogens with zero attached hydrogens (tertiary/aromatic N) is 1. The number of amides is 2. The minimum atomic E-state index is -4.51. The number of carbonyl (C=O) groups excluding carboxylic acids is 2. The van der Waals surface area contributed by atoms with E-state index in [4.69, 9.17) is 9.47 Å². The van der Waals surface area contributed by atoms with E-state index in [-0.39, 0.29) is 12.3 Å². The van der Waals surface area contributed by atoms with E-state index in [1.54, 1.807) is 18.2 Å². The van der Waals surface area contributed by atoms with E-state index in [9.17, 15) is 22.8 Å². The summed E-state index contributed by atoms with van der Waals surface area (Å²) in [5.74, 6) is -1.03. The Morgan fingerprint density at radius 2 is 1.62 bits per heavy atom. The number of benzene rings is 3. The third kappa shape index (κ3) is 8.04. The van der Waals surface area contributed by atoms with E-state index in [1.807, 2.05) is 12.1 Å². The second-order valence-corrected chi connectivity index (χ2v) is 9.91. The lowest BCUT2D eigenvalue weighted by Crippen LogP contribution is -2.32. The van der Waals surface area contributed by atoms with Gasteiger partial charge in [-0.1, -0.05) is 15.9 Å². The zero-order chi connectivity index (χ0) is 27.2. The first-order chi connectivity index (χ1) is 17.5. The molecule has 3 rings (SSSR count). The van der Waals surface area contributed by atoms with Gasteiger partial charge >= 0.3 is 18.0 Å². The highest BCUT2D eigenvalue weighted by Crippen LogP contribution is 2.37. The zero-order valence-corrected chi connectivity index (χ0v) is 23.6. The second kappa shape index (κ2) is 12.6. The quantitative estimate of drug-likeness (QED) is 0.163. The van der Waals surface area contributed by atoms with Gasteiger partial charge in [0.15, 0.2) is 0 Å². The van der Waals surface area contributed by atoms with Gasteiger partial charge in [0.1, 0.15) is 18.1 Å². The first-order valence-corrected chi connectivity index (χ1v) is 12.6. The van der Waals surface area contributed by atoms with Crippen LogP contribution < -0.4 is 20.2 Å². The number of ether oxygens (including phenoxy) is 2. The molecule has 0 heterocycles. The summed E-state index contributed by atoms with van der Waals surface area (Å²) < 4.78 is 51.6. The van der Waals surface area contributed by atoms with E-state index in [2.05, 4.69) is 63.6 Å². The summed E-state index contributed by atoms with van der Waals surface area (Å²) in [5, 5.41) is 5.97. The highest BCUT2D eigenvalue weighted by molar-refractivity contribution is 9.11. The highest BCUT2D eigenvalue weighted by atomic mass is 79.9. The molecule has 0 saturated carbocycles. The van der Waals surface area contributed by atoms with Gasteiger partial charge in [-0.3, -0.25) is 9.59 Å². The number of methoxy groups -OCH3 is 1. The predicted molar refractivity (Wildman–Crippen MR) is 143 cm³/mol. The lowest BCUT2D eigenvalue weighted by molar-refractivity contribution is -0.137. The summed E-state index contributed by atoms with van der Waals surface area (Å²) >= 11 is 10.3. The van der Waals surface area contributed by atoms with Crippen LogP contribution in [0.2, 0.25) is 0 Å². The molecule has 0 spiro atoms. The van der Waals surface area contributed by atoms with Crippen molar-refractivity contribution < 1.29 is 32.2 Å². The molecule has 0 unspecified atom stereocenters. The molecule has 2 N–H and O–H groups in total. The van der Waals surface area contributed by atoms with Gasteiger partial charge in [-0.05, 0) is 92.0 Å². The fourth-order valence-corrected chi connectivity index (χ4v) is 5.44. The van der Waals surface area contributed by atoms with Crippen molar-refractivity contribution in [3.8, 4) is 11.5 Å². The number of hydrogen-bond donors (Lipinski definition) is 2. The van der Waals surface area contributed by atoms with Crippen molar-refractivity contribution in [3.63, 3.8) is 0 Å². The van der Waals surface area contributed by atoms with Gasteiger partial charge in [-0.15, -0.1) is 0 Å². The number of rotatable bonds is 7. The minimum absolute atomic E-state index is 0.0287. The van der Waals surface area contributed by atoms with Crippen molar-refractivity contribution >= 4 is 71.5 Å². The molecule has 3 aromatic rings. The summed E-state index contributed by atoms with van der Waals surface area (Å²) in [6, 6.07) is 12.5. The van der Waals surface area contributed by atoms with Crippen molar-refractivity contribution in [2.45, 2.75) is 12.8 Å². The largest absolute Gasteiger partial charge is 0.496 e. The number of alkyl halides is 3. The van der Waals surface area contributed by atoms with Crippen LogP contribution in [-0.4, -0.2) is 25.1 Å². The molecule has 194 valence electrons. The molecular formula is C24H17Br3F3N3O4. The van der Waals surface area contributed by atoms with Crippen LogP contribution in [0.4, 0.5) is 18.9 Å². The van der Waals surface area contributed by atoms with Gasteiger partial charge in [0.2, 0.25) is 0 Å². The third-order valence-corrected chi connectivity index (χ3v) is 6.33. The molecule has 37 heavy (non-hydrogen) atoms. The molecule has 0 saturated heterocycles. The number of carbonyl (C=O) groups is 2. The lowest BCUT2D eigenvalue weighted by Gasteiger charge is -2.13. The molecule has 0 bridgehead atoms. The Bertz CT molecular complexity index is 1310. The second-order valence-electron chi connectivity index (χ2n) is 7.29. The Hall–Kier alpha value is -2.90. The smallest absolute Gasteiger partial charge is 0.416 e. The van der Waals surface area contributed by atoms with Crippen molar-refractivity contribution in [3.05, 3.63) is 84.7 Å². The minimum Gasteiger partial charge on any atom is -0.496 e. The Morgan fingerprint density at radius 1 is 0.973 bits per heavy atom. The molecule has 0 atom stereocenters. The van der Waals surface area contributed by atoms with Crippen LogP contribution >= 0.6 is 47.8 Å². The lowest BCUT2D eigenvalue weighted by atomic mass is 10.1. The van der Waals surface area contributed by atoms with Crippen LogP contribution in [0.3, 0.4) is 0 Å². The first kappa shape index (κ1) is 28.7. The van der Waals surface area contributed by atoms with Crippen LogP contribution in [0.5, 0.6) is 11.5 Å². The van der Waals surface area contributed by atoms with Crippen molar-refractivity contribution in [2.75, 3.05) is 12.4 Å².